The number of nitrogens with zero attached hydrogens (tertiary/aromatic N) is 2. The predicted octanol–water partition coefficient (Wildman–Crippen LogP) is 3.86. The van der Waals surface area contributed by atoms with E-state index < -0.39 is 18.2 Å². The predicted molar refractivity (Wildman–Crippen MR) is 146 cm³/mol. The van der Waals surface area contributed by atoms with Crippen LogP contribution in [0.4, 0.5) is 0 Å². The highest BCUT2D eigenvalue weighted by Crippen LogP contribution is 2.17. The molecule has 0 aliphatic rings. The van der Waals surface area contributed by atoms with Crippen molar-refractivity contribution in [2.24, 2.45) is 0 Å². The maximum absolute atomic E-state index is 13.3. The highest BCUT2D eigenvalue weighted by Gasteiger charge is 2.28. The van der Waals surface area contributed by atoms with Crippen molar-refractivity contribution in [3.63, 3.8) is 0 Å². The molecule has 2 amide bonds. The van der Waals surface area contributed by atoms with Crippen molar-refractivity contribution in [3.05, 3.63) is 65.0 Å². The van der Waals surface area contributed by atoms with Crippen LogP contribution in [0.3, 0.4) is 0 Å². The van der Waals surface area contributed by atoms with Crippen LogP contribution in [0.25, 0.3) is 0 Å². The Hall–Kier alpha value is -2.42. The minimum absolute atomic E-state index is 0.0889. The van der Waals surface area contributed by atoms with E-state index in [1.54, 1.807) is 42.4 Å². The third kappa shape index (κ3) is 9.22. The fourth-order valence-corrected chi connectivity index (χ4v) is 4.69. The number of aryl methyl sites for hydroxylation is 1. The number of amides is 2. The van der Waals surface area contributed by atoms with Gasteiger partial charge in [0.1, 0.15) is 6.10 Å². The summed E-state index contributed by atoms with van der Waals surface area (Å²) in [7, 11) is 0. The second-order valence-corrected chi connectivity index (χ2v) is 10.2. The number of thioether (sulfide) groups is 1. The van der Waals surface area contributed by atoms with Crippen molar-refractivity contribution in [1.29, 1.82) is 0 Å². The van der Waals surface area contributed by atoms with Crippen molar-refractivity contribution in [2.45, 2.75) is 71.1 Å². The van der Waals surface area contributed by atoms with E-state index in [4.69, 9.17) is 0 Å². The lowest BCUT2D eigenvalue weighted by atomic mass is 9.95. The molecule has 1 aromatic heterocycles. The molecule has 3 unspecified atom stereocenters. The van der Waals surface area contributed by atoms with Crippen molar-refractivity contribution < 1.29 is 19.8 Å². The van der Waals surface area contributed by atoms with E-state index in [0.29, 0.717) is 37.1 Å². The smallest absolute Gasteiger partial charge is 0.253 e. The van der Waals surface area contributed by atoms with Crippen LogP contribution < -0.4 is 5.32 Å². The second kappa shape index (κ2) is 15.6. The summed E-state index contributed by atoms with van der Waals surface area (Å²) in [5.74, 6) is 0.409. The van der Waals surface area contributed by atoms with Gasteiger partial charge in [-0.1, -0.05) is 13.8 Å². The molecule has 0 fully saturated rings. The maximum atomic E-state index is 13.3. The van der Waals surface area contributed by atoms with Crippen LogP contribution in [0.2, 0.25) is 0 Å². The van der Waals surface area contributed by atoms with E-state index in [2.05, 4.69) is 10.3 Å². The molecule has 0 spiro atoms. The van der Waals surface area contributed by atoms with Crippen molar-refractivity contribution in [2.75, 3.05) is 25.1 Å². The fraction of sp³-hybridized carbons (Fsp3) is 0.536. The number of carbonyl (C=O) groups is 2. The molecule has 0 saturated heterocycles. The van der Waals surface area contributed by atoms with Crippen LogP contribution in [-0.2, 0) is 6.42 Å². The topological polar surface area (TPSA) is 103 Å². The van der Waals surface area contributed by atoms with Gasteiger partial charge in [-0.3, -0.25) is 14.6 Å². The van der Waals surface area contributed by atoms with Crippen molar-refractivity contribution >= 4 is 23.6 Å². The van der Waals surface area contributed by atoms with Gasteiger partial charge in [0.25, 0.3) is 11.8 Å². The summed E-state index contributed by atoms with van der Waals surface area (Å²) >= 11 is 1.69. The number of nitrogens with one attached hydrogen (secondary N) is 1. The molecule has 3 N–H and O–H groups in total. The zero-order valence-electron chi connectivity index (χ0n) is 21.9. The monoisotopic (exact) mass is 515 g/mol. The Labute approximate surface area is 219 Å². The van der Waals surface area contributed by atoms with Gasteiger partial charge in [-0.05, 0) is 92.5 Å². The first-order chi connectivity index (χ1) is 17.3. The molecule has 36 heavy (non-hydrogen) atoms. The van der Waals surface area contributed by atoms with Crippen molar-refractivity contribution in [1.82, 2.24) is 15.2 Å². The quantitative estimate of drug-likeness (QED) is 0.311. The lowest BCUT2D eigenvalue weighted by Gasteiger charge is -2.28. The third-order valence-corrected chi connectivity index (χ3v) is 6.73. The van der Waals surface area contributed by atoms with Crippen LogP contribution >= 0.6 is 11.8 Å². The first-order valence-corrected chi connectivity index (χ1v) is 14.2. The molecule has 2 aromatic rings. The van der Waals surface area contributed by atoms with Gasteiger partial charge in [0.2, 0.25) is 0 Å². The summed E-state index contributed by atoms with van der Waals surface area (Å²) < 4.78 is 0. The Morgan fingerprint density at radius 1 is 1.06 bits per heavy atom. The lowest BCUT2D eigenvalue weighted by Crippen LogP contribution is -2.50. The molecule has 0 radical (unpaired) electrons. The number of benzene rings is 1. The lowest BCUT2D eigenvalue weighted by molar-refractivity contribution is -0.00731. The number of aliphatic hydroxyl groups excluding tert-OH is 2. The standard InChI is InChI=1S/C28H41N3O4S/c1-5-13-31(14-6-2)28(35)23-17-20(3)16-22(19-23)27(34)30-24(18-21-9-11-29-12-10-21)26(33)25(32)8-7-15-36-4/h9-12,16-17,19,24-26,32-33H,5-8,13-15,18H2,1-4H3,(H,30,34). The van der Waals surface area contributed by atoms with Gasteiger partial charge in [-0.15, -0.1) is 0 Å². The van der Waals surface area contributed by atoms with Crippen LogP contribution in [-0.4, -0.2) is 75.3 Å². The minimum atomic E-state index is -1.14. The number of aromatic nitrogens is 1. The second-order valence-electron chi connectivity index (χ2n) is 9.21. The highest BCUT2D eigenvalue weighted by molar-refractivity contribution is 7.98. The Bertz CT molecular complexity index is 951. The average molecular weight is 516 g/mol. The number of pyridine rings is 1. The Morgan fingerprint density at radius 2 is 1.69 bits per heavy atom. The first kappa shape index (κ1) is 29.8. The maximum Gasteiger partial charge on any atom is 0.253 e. The van der Waals surface area contributed by atoms with Gasteiger partial charge in [0.05, 0.1) is 12.1 Å². The fourth-order valence-electron chi connectivity index (χ4n) is 4.23. The molecule has 198 valence electrons. The van der Waals surface area contributed by atoms with Gasteiger partial charge >= 0.3 is 0 Å². The summed E-state index contributed by atoms with van der Waals surface area (Å²) in [5, 5.41) is 24.5. The Balaban J connectivity index is 2.26. The summed E-state index contributed by atoms with van der Waals surface area (Å²) in [4.78, 5) is 32.3. The van der Waals surface area contributed by atoms with Crippen LogP contribution in [0.5, 0.6) is 0 Å². The Morgan fingerprint density at radius 3 is 2.31 bits per heavy atom. The van der Waals surface area contributed by atoms with Crippen LogP contribution in [0.15, 0.2) is 42.7 Å². The van der Waals surface area contributed by atoms with E-state index in [1.165, 1.54) is 0 Å². The van der Waals surface area contributed by atoms with E-state index in [9.17, 15) is 19.8 Å². The normalized spacial score (nSPS) is 13.6. The summed E-state index contributed by atoms with van der Waals surface area (Å²) in [5.41, 5.74) is 2.53. The zero-order chi connectivity index (χ0) is 26.5. The van der Waals surface area contributed by atoms with Gasteiger partial charge in [-0.2, -0.15) is 11.8 Å². The molecule has 0 bridgehead atoms. The van der Waals surface area contributed by atoms with E-state index >= 15 is 0 Å². The molecule has 0 saturated carbocycles. The molecule has 7 nitrogen and oxygen atoms in total. The van der Waals surface area contributed by atoms with E-state index in [1.807, 2.05) is 44.1 Å². The number of hydrogen-bond donors (Lipinski definition) is 3. The average Bonchev–Trinajstić information content (AvgIpc) is 2.87. The number of aliphatic hydroxyl groups is 2. The molecule has 0 aliphatic carbocycles. The van der Waals surface area contributed by atoms with Gasteiger partial charge in [0, 0.05) is 36.6 Å². The largest absolute Gasteiger partial charge is 0.390 e. The number of rotatable bonds is 15. The molecule has 0 aliphatic heterocycles. The number of carbonyl (C=O) groups excluding carboxylic acids is 2. The Kier molecular flexibility index (Phi) is 12.9. The van der Waals surface area contributed by atoms with Gasteiger partial charge < -0.3 is 20.4 Å². The molecule has 1 aromatic carbocycles. The SMILES string of the molecule is CCCN(CCC)C(=O)c1cc(C)cc(C(=O)NC(Cc2ccncc2)C(O)C(O)CCCSC)c1. The molecule has 3 atom stereocenters. The van der Waals surface area contributed by atoms with Gasteiger partial charge in [-0.25, -0.2) is 0 Å². The molecule has 1 heterocycles. The van der Waals surface area contributed by atoms with Crippen LogP contribution in [0, 0.1) is 6.92 Å². The van der Waals surface area contributed by atoms with Gasteiger partial charge in [0.15, 0.2) is 0 Å². The number of hydrogen-bond acceptors (Lipinski definition) is 6. The zero-order valence-corrected chi connectivity index (χ0v) is 22.8. The third-order valence-electron chi connectivity index (χ3n) is 6.04. The molecule has 8 heteroatoms. The molecular formula is C28H41N3O4S. The van der Waals surface area contributed by atoms with E-state index in [-0.39, 0.29) is 11.8 Å². The molecule has 2 rings (SSSR count). The summed E-state index contributed by atoms with van der Waals surface area (Å²) in [6.45, 7) is 7.26. The van der Waals surface area contributed by atoms with E-state index in [0.717, 1.165) is 36.1 Å². The first-order valence-electron chi connectivity index (χ1n) is 12.8. The minimum Gasteiger partial charge on any atom is -0.390 e. The highest BCUT2D eigenvalue weighted by atomic mass is 32.2. The van der Waals surface area contributed by atoms with Crippen LogP contribution in [0.1, 0.15) is 71.4 Å². The molecular weight excluding hydrogens is 474 g/mol. The summed E-state index contributed by atoms with van der Waals surface area (Å²) in [6.07, 6.45) is 6.49. The summed E-state index contributed by atoms with van der Waals surface area (Å²) in [6, 6.07) is 8.10. The van der Waals surface area contributed by atoms with Crippen molar-refractivity contribution in [3.8, 4) is 0 Å².